The Bertz CT molecular complexity index is 339. The molecule has 17 heavy (non-hydrogen) atoms. The highest BCUT2D eigenvalue weighted by molar-refractivity contribution is 5.32. The molecule has 1 saturated heterocycles. The largest absolute Gasteiger partial charge is 0.478 e. The van der Waals surface area contributed by atoms with E-state index < -0.39 is 0 Å². The second-order valence-electron chi connectivity index (χ2n) is 4.13. The number of aromatic nitrogens is 2. The molecule has 0 saturated carbocycles. The molecule has 1 aliphatic heterocycles. The van der Waals surface area contributed by atoms with Crippen LogP contribution >= 0.6 is 0 Å². The normalized spacial score (nSPS) is 15.9. The Morgan fingerprint density at radius 3 is 3.00 bits per heavy atom. The van der Waals surface area contributed by atoms with E-state index in [-0.39, 0.29) is 0 Å². The Morgan fingerprint density at radius 2 is 2.24 bits per heavy atom. The van der Waals surface area contributed by atoms with Gasteiger partial charge in [-0.05, 0) is 6.42 Å². The van der Waals surface area contributed by atoms with E-state index in [0.717, 1.165) is 51.6 Å². The van der Waals surface area contributed by atoms with Crippen LogP contribution in [0.3, 0.4) is 0 Å². The molecule has 0 aromatic carbocycles. The van der Waals surface area contributed by atoms with E-state index in [9.17, 15) is 0 Å². The Balaban J connectivity index is 1.95. The van der Waals surface area contributed by atoms with Crippen LogP contribution in [0.2, 0.25) is 0 Å². The average molecular weight is 236 g/mol. The molecule has 1 aliphatic rings. The number of unbranched alkanes of at least 4 members (excludes halogenated alkanes) is 1. The Hall–Kier alpha value is -1.36. The minimum atomic E-state index is 0.682. The van der Waals surface area contributed by atoms with E-state index in [1.165, 1.54) is 0 Å². The number of anilines is 1. The van der Waals surface area contributed by atoms with Gasteiger partial charge in [0.15, 0.2) is 0 Å². The predicted octanol–water partition coefficient (Wildman–Crippen LogP) is 1.07. The molecule has 0 unspecified atom stereocenters. The number of nitrogens with zero attached hydrogens (tertiary/aromatic N) is 3. The zero-order chi connectivity index (χ0) is 11.9. The molecule has 0 atom stereocenters. The number of ether oxygens (including phenoxy) is 1. The molecular weight excluding hydrogens is 216 g/mol. The van der Waals surface area contributed by atoms with Gasteiger partial charge in [-0.15, -0.1) is 0 Å². The van der Waals surface area contributed by atoms with Crippen LogP contribution in [0.25, 0.3) is 0 Å². The second-order valence-corrected chi connectivity index (χ2v) is 4.13. The summed E-state index contributed by atoms with van der Waals surface area (Å²) in [6.07, 6.45) is 3.97. The summed E-state index contributed by atoms with van der Waals surface area (Å²) < 4.78 is 5.58. The molecule has 5 heteroatoms. The molecule has 0 bridgehead atoms. The van der Waals surface area contributed by atoms with Crippen LogP contribution in [0, 0.1) is 0 Å². The third-order valence-electron chi connectivity index (χ3n) is 2.76. The van der Waals surface area contributed by atoms with Crippen molar-refractivity contribution in [2.45, 2.75) is 19.8 Å². The van der Waals surface area contributed by atoms with Crippen molar-refractivity contribution >= 4 is 5.95 Å². The number of piperazine rings is 1. The molecule has 0 aliphatic carbocycles. The summed E-state index contributed by atoms with van der Waals surface area (Å²) >= 11 is 0. The minimum Gasteiger partial charge on any atom is -0.478 e. The van der Waals surface area contributed by atoms with Gasteiger partial charge in [0.1, 0.15) is 0 Å². The van der Waals surface area contributed by atoms with Crippen LogP contribution in [-0.4, -0.2) is 42.8 Å². The van der Waals surface area contributed by atoms with Crippen LogP contribution < -0.4 is 15.0 Å². The molecule has 94 valence electrons. The van der Waals surface area contributed by atoms with Gasteiger partial charge in [0.25, 0.3) is 0 Å². The Morgan fingerprint density at radius 1 is 1.41 bits per heavy atom. The summed E-state index contributed by atoms with van der Waals surface area (Å²) in [5, 5.41) is 3.31. The molecule has 0 spiro atoms. The highest BCUT2D eigenvalue weighted by Gasteiger charge is 2.13. The van der Waals surface area contributed by atoms with Gasteiger partial charge in [0, 0.05) is 38.4 Å². The number of hydrogen-bond acceptors (Lipinski definition) is 5. The SMILES string of the molecule is CCCCOc1ccnc(N2CCNCC2)n1. The van der Waals surface area contributed by atoms with Crippen molar-refractivity contribution in [2.24, 2.45) is 0 Å². The fourth-order valence-electron chi connectivity index (χ4n) is 1.75. The Labute approximate surface area is 102 Å². The third-order valence-corrected chi connectivity index (χ3v) is 2.76. The zero-order valence-corrected chi connectivity index (χ0v) is 10.4. The smallest absolute Gasteiger partial charge is 0.228 e. The van der Waals surface area contributed by atoms with Crippen molar-refractivity contribution in [3.05, 3.63) is 12.3 Å². The summed E-state index contributed by atoms with van der Waals surface area (Å²) in [5.41, 5.74) is 0. The molecule has 1 aromatic heterocycles. The molecule has 1 N–H and O–H groups in total. The molecule has 2 rings (SSSR count). The summed E-state index contributed by atoms with van der Waals surface area (Å²) in [6, 6.07) is 1.82. The fraction of sp³-hybridized carbons (Fsp3) is 0.667. The summed E-state index contributed by atoms with van der Waals surface area (Å²) in [4.78, 5) is 10.9. The van der Waals surface area contributed by atoms with Gasteiger partial charge < -0.3 is 15.0 Å². The van der Waals surface area contributed by atoms with E-state index >= 15 is 0 Å². The van der Waals surface area contributed by atoms with Gasteiger partial charge in [-0.3, -0.25) is 0 Å². The van der Waals surface area contributed by atoms with Crippen molar-refractivity contribution in [3.8, 4) is 5.88 Å². The van der Waals surface area contributed by atoms with Crippen LogP contribution in [-0.2, 0) is 0 Å². The molecule has 5 nitrogen and oxygen atoms in total. The fourth-order valence-corrected chi connectivity index (χ4v) is 1.75. The molecule has 0 amide bonds. The third kappa shape index (κ3) is 3.56. The lowest BCUT2D eigenvalue weighted by atomic mass is 10.4. The first-order chi connectivity index (χ1) is 8.40. The van der Waals surface area contributed by atoms with Crippen molar-refractivity contribution in [1.29, 1.82) is 0 Å². The standard InChI is InChI=1S/C12H20N4O/c1-2-3-10-17-11-4-5-14-12(15-11)16-8-6-13-7-9-16/h4-5,13H,2-3,6-10H2,1H3. The van der Waals surface area contributed by atoms with E-state index in [1.54, 1.807) is 6.20 Å². The number of nitrogens with one attached hydrogen (secondary N) is 1. The van der Waals surface area contributed by atoms with E-state index in [1.807, 2.05) is 6.07 Å². The van der Waals surface area contributed by atoms with Crippen LogP contribution in [0.4, 0.5) is 5.95 Å². The summed E-state index contributed by atoms with van der Waals surface area (Å²) in [5.74, 6) is 1.46. The molecule has 1 aromatic rings. The van der Waals surface area contributed by atoms with E-state index in [2.05, 4.69) is 27.1 Å². The lowest BCUT2D eigenvalue weighted by Gasteiger charge is -2.27. The van der Waals surface area contributed by atoms with E-state index in [0.29, 0.717) is 5.88 Å². The van der Waals surface area contributed by atoms with Gasteiger partial charge in [0.05, 0.1) is 6.61 Å². The summed E-state index contributed by atoms with van der Waals surface area (Å²) in [7, 11) is 0. The maximum atomic E-state index is 5.58. The minimum absolute atomic E-state index is 0.682. The summed E-state index contributed by atoms with van der Waals surface area (Å²) in [6.45, 7) is 6.77. The van der Waals surface area contributed by atoms with Gasteiger partial charge in [-0.1, -0.05) is 13.3 Å². The van der Waals surface area contributed by atoms with Crippen molar-refractivity contribution in [2.75, 3.05) is 37.7 Å². The molecular formula is C12H20N4O. The number of rotatable bonds is 5. The molecule has 0 radical (unpaired) electrons. The van der Waals surface area contributed by atoms with Crippen LogP contribution in [0.1, 0.15) is 19.8 Å². The molecule has 1 fully saturated rings. The Kier molecular flexibility index (Phi) is 4.55. The van der Waals surface area contributed by atoms with Crippen LogP contribution in [0.15, 0.2) is 12.3 Å². The highest BCUT2D eigenvalue weighted by Crippen LogP contribution is 2.13. The van der Waals surface area contributed by atoms with Crippen molar-refractivity contribution < 1.29 is 4.74 Å². The van der Waals surface area contributed by atoms with Gasteiger partial charge >= 0.3 is 0 Å². The second kappa shape index (κ2) is 6.39. The lowest BCUT2D eigenvalue weighted by molar-refractivity contribution is 0.297. The zero-order valence-electron chi connectivity index (χ0n) is 10.4. The number of hydrogen-bond donors (Lipinski definition) is 1. The van der Waals surface area contributed by atoms with Crippen LogP contribution in [0.5, 0.6) is 5.88 Å². The quantitative estimate of drug-likeness (QED) is 0.775. The van der Waals surface area contributed by atoms with Gasteiger partial charge in [0.2, 0.25) is 11.8 Å². The van der Waals surface area contributed by atoms with Crippen molar-refractivity contribution in [1.82, 2.24) is 15.3 Å². The predicted molar refractivity (Wildman–Crippen MR) is 67.5 cm³/mol. The first-order valence-corrected chi connectivity index (χ1v) is 6.31. The van der Waals surface area contributed by atoms with Gasteiger partial charge in [-0.2, -0.15) is 4.98 Å². The van der Waals surface area contributed by atoms with Crippen molar-refractivity contribution in [3.63, 3.8) is 0 Å². The first-order valence-electron chi connectivity index (χ1n) is 6.31. The highest BCUT2D eigenvalue weighted by atomic mass is 16.5. The monoisotopic (exact) mass is 236 g/mol. The maximum absolute atomic E-state index is 5.58. The maximum Gasteiger partial charge on any atom is 0.228 e. The molecule has 2 heterocycles. The van der Waals surface area contributed by atoms with Gasteiger partial charge in [-0.25, -0.2) is 4.98 Å². The first kappa shape index (κ1) is 12.1. The average Bonchev–Trinajstić information content (AvgIpc) is 2.41. The van der Waals surface area contributed by atoms with E-state index in [4.69, 9.17) is 4.74 Å². The lowest BCUT2D eigenvalue weighted by Crippen LogP contribution is -2.44. The topological polar surface area (TPSA) is 50.3 Å².